The average molecular weight is 429 g/mol. The molecule has 0 heterocycles. The molecule has 0 amide bonds. The number of hydrogen-bond acceptors (Lipinski definition) is 4. The summed E-state index contributed by atoms with van der Waals surface area (Å²) >= 11 is 10.9. The number of alkyl halides is 2. The molecular formula is C22H30Cl2O4. The van der Waals surface area contributed by atoms with Crippen molar-refractivity contribution in [2.45, 2.75) is 19.3 Å². The van der Waals surface area contributed by atoms with Crippen LogP contribution in [0.2, 0.25) is 0 Å². The fourth-order valence-corrected chi connectivity index (χ4v) is 3.25. The van der Waals surface area contributed by atoms with Gasteiger partial charge in [0.15, 0.2) is 23.0 Å². The first-order valence-electron chi connectivity index (χ1n) is 9.00. The summed E-state index contributed by atoms with van der Waals surface area (Å²) in [7, 11) is 6.59. The zero-order valence-electron chi connectivity index (χ0n) is 17.3. The molecule has 4 nitrogen and oxygen atoms in total. The molecule has 0 aliphatic rings. The van der Waals surface area contributed by atoms with E-state index in [1.165, 1.54) is 17.5 Å². The van der Waals surface area contributed by atoms with E-state index < -0.39 is 0 Å². The van der Waals surface area contributed by atoms with E-state index in [0.717, 1.165) is 42.3 Å². The van der Waals surface area contributed by atoms with Crippen molar-refractivity contribution in [3.8, 4) is 23.0 Å². The quantitative estimate of drug-likeness (QED) is 0.461. The number of halogens is 2. The Bertz CT molecular complexity index is 707. The zero-order valence-corrected chi connectivity index (χ0v) is 18.8. The molecule has 0 aromatic heterocycles. The third-order valence-electron chi connectivity index (χ3n) is 4.48. The Labute approximate surface area is 178 Å². The molecule has 1 atom stereocenters. The Kier molecular flexibility index (Phi) is 11.6. The number of benzene rings is 2. The van der Waals surface area contributed by atoms with Crippen molar-refractivity contribution >= 4 is 23.2 Å². The van der Waals surface area contributed by atoms with Gasteiger partial charge in [-0.25, -0.2) is 0 Å². The number of ether oxygens (including phenoxy) is 4. The molecule has 0 spiro atoms. The molecule has 0 saturated heterocycles. The summed E-state index contributed by atoms with van der Waals surface area (Å²) in [5, 5.41) is 0. The molecule has 2 rings (SSSR count). The predicted octanol–water partition coefficient (Wildman–Crippen LogP) is 5.61. The summed E-state index contributed by atoms with van der Waals surface area (Å²) in [5.41, 5.74) is 2.41. The fraction of sp³-hybridized carbons (Fsp3) is 0.455. The Balaban J connectivity index is 0.00000190. The predicted molar refractivity (Wildman–Crippen MR) is 117 cm³/mol. The SMILES string of the molecule is CCl.COc1ccc(CCC(CCl)Cc2ccc(OC)c(OC)c2)cc1OC. The lowest BCUT2D eigenvalue weighted by Gasteiger charge is -2.16. The summed E-state index contributed by atoms with van der Waals surface area (Å²) in [6.45, 7) is 0. The lowest BCUT2D eigenvalue weighted by atomic mass is 9.94. The summed E-state index contributed by atoms with van der Waals surface area (Å²) in [6.07, 6.45) is 4.30. The highest BCUT2D eigenvalue weighted by Gasteiger charge is 2.13. The van der Waals surface area contributed by atoms with E-state index in [-0.39, 0.29) is 0 Å². The molecule has 0 saturated carbocycles. The highest BCUT2D eigenvalue weighted by Crippen LogP contribution is 2.30. The molecule has 0 aliphatic carbocycles. The second-order valence-electron chi connectivity index (χ2n) is 6.14. The van der Waals surface area contributed by atoms with Crippen molar-refractivity contribution in [3.63, 3.8) is 0 Å². The second-order valence-corrected chi connectivity index (χ2v) is 6.45. The first-order chi connectivity index (χ1) is 13.6. The van der Waals surface area contributed by atoms with Crippen molar-refractivity contribution in [1.29, 1.82) is 0 Å². The van der Waals surface area contributed by atoms with Gasteiger partial charge in [-0.15, -0.1) is 23.2 Å². The van der Waals surface area contributed by atoms with E-state index in [1.807, 2.05) is 24.3 Å². The summed E-state index contributed by atoms with van der Waals surface area (Å²) in [5.74, 6) is 3.98. The van der Waals surface area contributed by atoms with Crippen LogP contribution in [0.5, 0.6) is 23.0 Å². The van der Waals surface area contributed by atoms with Crippen molar-refractivity contribution in [2.75, 3.05) is 40.7 Å². The van der Waals surface area contributed by atoms with E-state index >= 15 is 0 Å². The Hall–Kier alpha value is -1.78. The maximum Gasteiger partial charge on any atom is 0.160 e. The molecule has 2 aromatic carbocycles. The van der Waals surface area contributed by atoms with Gasteiger partial charge in [0, 0.05) is 12.3 Å². The van der Waals surface area contributed by atoms with E-state index in [4.69, 9.17) is 30.5 Å². The van der Waals surface area contributed by atoms with Gasteiger partial charge in [-0.3, -0.25) is 0 Å². The second kappa shape index (κ2) is 13.4. The van der Waals surface area contributed by atoms with Gasteiger partial charge >= 0.3 is 0 Å². The van der Waals surface area contributed by atoms with Crippen LogP contribution in [0.1, 0.15) is 17.5 Å². The first-order valence-corrected chi connectivity index (χ1v) is 10.3. The first kappa shape index (κ1) is 24.3. The minimum absolute atomic E-state index is 0.378. The number of methoxy groups -OCH3 is 4. The van der Waals surface area contributed by atoms with Crippen LogP contribution in [0, 0.1) is 5.92 Å². The van der Waals surface area contributed by atoms with Crippen LogP contribution in [0.25, 0.3) is 0 Å². The van der Waals surface area contributed by atoms with Crippen molar-refractivity contribution < 1.29 is 18.9 Å². The van der Waals surface area contributed by atoms with Gasteiger partial charge in [0.2, 0.25) is 0 Å². The smallest absolute Gasteiger partial charge is 0.160 e. The molecule has 1 unspecified atom stereocenters. The Morgan fingerprint density at radius 3 is 1.64 bits per heavy atom. The van der Waals surface area contributed by atoms with Crippen LogP contribution >= 0.6 is 23.2 Å². The van der Waals surface area contributed by atoms with Gasteiger partial charge in [-0.1, -0.05) is 12.1 Å². The van der Waals surface area contributed by atoms with Crippen molar-refractivity contribution in [1.82, 2.24) is 0 Å². The van der Waals surface area contributed by atoms with Gasteiger partial charge in [-0.2, -0.15) is 0 Å². The lowest BCUT2D eigenvalue weighted by molar-refractivity contribution is 0.354. The van der Waals surface area contributed by atoms with Crippen LogP contribution < -0.4 is 18.9 Å². The Morgan fingerprint density at radius 2 is 1.18 bits per heavy atom. The molecule has 156 valence electrons. The number of hydrogen-bond donors (Lipinski definition) is 0. The highest BCUT2D eigenvalue weighted by molar-refractivity contribution is 6.18. The third-order valence-corrected chi connectivity index (χ3v) is 4.92. The largest absolute Gasteiger partial charge is 0.493 e. The third kappa shape index (κ3) is 6.99. The minimum atomic E-state index is 0.378. The molecule has 2 aromatic rings. The number of aryl methyl sites for hydroxylation is 1. The lowest BCUT2D eigenvalue weighted by Crippen LogP contribution is -2.08. The molecule has 6 heteroatoms. The molecule has 0 aliphatic heterocycles. The average Bonchev–Trinajstić information content (AvgIpc) is 2.77. The minimum Gasteiger partial charge on any atom is -0.493 e. The summed E-state index contributed by atoms with van der Waals surface area (Å²) in [4.78, 5) is 0. The van der Waals surface area contributed by atoms with Crippen molar-refractivity contribution in [3.05, 3.63) is 47.5 Å². The highest BCUT2D eigenvalue weighted by atomic mass is 35.5. The van der Waals surface area contributed by atoms with Gasteiger partial charge in [0.1, 0.15) is 0 Å². The molecule has 0 fully saturated rings. The van der Waals surface area contributed by atoms with Crippen molar-refractivity contribution in [2.24, 2.45) is 5.92 Å². The van der Waals surface area contributed by atoms with Crippen LogP contribution in [-0.4, -0.2) is 40.7 Å². The Morgan fingerprint density at radius 1 is 0.714 bits per heavy atom. The molecule has 0 bridgehead atoms. The zero-order chi connectivity index (χ0) is 20.9. The topological polar surface area (TPSA) is 36.9 Å². The standard InChI is InChI=1S/C21H27ClO4.CH3Cl/c1-23-18-9-7-15(12-20(18)25-3)5-6-17(14-22)11-16-8-10-19(24-2)21(13-16)26-4;1-2/h7-10,12-13,17H,5-6,11,14H2,1-4H3;1H3. The van der Waals surface area contributed by atoms with Crippen LogP contribution in [0.3, 0.4) is 0 Å². The normalized spacial score (nSPS) is 11.1. The molecule has 0 N–H and O–H groups in total. The van der Waals surface area contributed by atoms with Gasteiger partial charge in [-0.05, 0) is 60.6 Å². The van der Waals surface area contributed by atoms with Gasteiger partial charge < -0.3 is 18.9 Å². The van der Waals surface area contributed by atoms with Crippen LogP contribution in [0.15, 0.2) is 36.4 Å². The van der Waals surface area contributed by atoms with E-state index in [0.29, 0.717) is 11.8 Å². The van der Waals surface area contributed by atoms with Gasteiger partial charge in [0.05, 0.1) is 28.4 Å². The molecule has 28 heavy (non-hydrogen) atoms. The maximum atomic E-state index is 6.22. The van der Waals surface area contributed by atoms with E-state index in [1.54, 1.807) is 28.4 Å². The maximum absolute atomic E-state index is 6.22. The summed E-state index contributed by atoms with van der Waals surface area (Å²) < 4.78 is 21.3. The van der Waals surface area contributed by atoms with E-state index in [2.05, 4.69) is 23.7 Å². The van der Waals surface area contributed by atoms with Gasteiger partial charge in [0.25, 0.3) is 0 Å². The summed E-state index contributed by atoms with van der Waals surface area (Å²) in [6, 6.07) is 12.1. The molecule has 0 radical (unpaired) electrons. The van der Waals surface area contributed by atoms with E-state index in [9.17, 15) is 0 Å². The molecular weight excluding hydrogens is 399 g/mol. The monoisotopic (exact) mass is 428 g/mol. The van der Waals surface area contributed by atoms with Crippen LogP contribution in [-0.2, 0) is 12.8 Å². The number of rotatable bonds is 10. The van der Waals surface area contributed by atoms with Crippen LogP contribution in [0.4, 0.5) is 0 Å². The fourth-order valence-electron chi connectivity index (χ4n) is 2.98.